The lowest BCUT2D eigenvalue weighted by Gasteiger charge is -2.14. The molecule has 0 aliphatic heterocycles. The lowest BCUT2D eigenvalue weighted by molar-refractivity contribution is -0.137. The van der Waals surface area contributed by atoms with Crippen molar-refractivity contribution in [3.63, 3.8) is 0 Å². The Morgan fingerprint density at radius 3 is 2.09 bits per heavy atom. The smallest absolute Gasteiger partial charge is 0.343 e. The van der Waals surface area contributed by atoms with Crippen molar-refractivity contribution >= 4 is 17.9 Å². The summed E-state index contributed by atoms with van der Waals surface area (Å²) in [4.78, 5) is 35.3. The molecule has 170 valence electrons. The maximum atomic E-state index is 12.7. The van der Waals surface area contributed by atoms with Gasteiger partial charge in [0.25, 0.3) is 0 Å². The Labute approximate surface area is 187 Å². The molecule has 0 aromatic heterocycles. The van der Waals surface area contributed by atoms with E-state index in [1.54, 1.807) is 37.3 Å². The maximum absolute atomic E-state index is 12.7. The van der Waals surface area contributed by atoms with Crippen LogP contribution < -0.4 is 9.47 Å². The summed E-state index contributed by atoms with van der Waals surface area (Å²) in [7, 11) is 1.31. The lowest BCUT2D eigenvalue weighted by atomic mass is 10.1. The van der Waals surface area contributed by atoms with Crippen LogP contribution >= 0.6 is 0 Å². The van der Waals surface area contributed by atoms with Gasteiger partial charge in [-0.15, -0.1) is 0 Å². The van der Waals surface area contributed by atoms with E-state index >= 15 is 0 Å². The molecule has 0 heterocycles. The minimum Gasteiger partial charge on any atom is -0.493 e. The van der Waals surface area contributed by atoms with Gasteiger partial charge in [-0.25, -0.2) is 14.4 Å². The summed E-state index contributed by atoms with van der Waals surface area (Å²) in [5.41, 5.74) is 3.06. The predicted molar refractivity (Wildman–Crippen MR) is 119 cm³/mol. The van der Waals surface area contributed by atoms with Gasteiger partial charge in [0.2, 0.25) is 0 Å². The van der Waals surface area contributed by atoms with E-state index in [0.29, 0.717) is 54.2 Å². The number of hydrogen-bond acceptors (Lipinski definition) is 7. The van der Waals surface area contributed by atoms with Crippen LogP contribution in [0, 0.1) is 20.8 Å². The third kappa shape index (κ3) is 6.70. The number of carbonyl (C=O) groups excluding carboxylic acids is 3. The topological polar surface area (TPSA) is 88.1 Å². The first-order valence-electron chi connectivity index (χ1n) is 10.2. The number of aryl methyl sites for hydroxylation is 3. The largest absolute Gasteiger partial charge is 0.493 e. The molecule has 0 amide bonds. The number of esters is 3. The Balaban J connectivity index is 1.98. The highest BCUT2D eigenvalue weighted by Gasteiger charge is 2.16. The molecule has 0 spiro atoms. The quantitative estimate of drug-likeness (QED) is 0.232. The molecule has 0 radical (unpaired) electrons. The first kappa shape index (κ1) is 24.7. The van der Waals surface area contributed by atoms with E-state index in [1.165, 1.54) is 7.11 Å². The van der Waals surface area contributed by atoms with Crippen molar-refractivity contribution in [1.29, 1.82) is 0 Å². The van der Waals surface area contributed by atoms with Crippen molar-refractivity contribution in [1.82, 2.24) is 0 Å². The van der Waals surface area contributed by atoms with Crippen LogP contribution in [0.1, 0.15) is 50.2 Å². The molecule has 7 heteroatoms. The second-order valence-corrected chi connectivity index (χ2v) is 7.23. The molecule has 2 rings (SSSR count). The van der Waals surface area contributed by atoms with Gasteiger partial charge in [-0.2, -0.15) is 0 Å². The minimum absolute atomic E-state index is 0.316. The fraction of sp³-hybridized carbons (Fsp3) is 0.320. The summed E-state index contributed by atoms with van der Waals surface area (Å²) in [5, 5.41) is 0. The molecule has 0 saturated carbocycles. The number of benzene rings is 2. The van der Waals surface area contributed by atoms with E-state index in [9.17, 15) is 14.4 Å². The Morgan fingerprint density at radius 2 is 1.50 bits per heavy atom. The first-order chi connectivity index (χ1) is 15.3. The van der Waals surface area contributed by atoms with Crippen LogP contribution in [0.2, 0.25) is 0 Å². The summed E-state index contributed by atoms with van der Waals surface area (Å²) in [6.07, 6.45) is 2.53. The molecule has 0 saturated heterocycles. The number of unbranched alkanes of at least 4 members (excludes halogenated alkanes) is 1. The summed E-state index contributed by atoms with van der Waals surface area (Å²) in [6.45, 7) is 9.60. The van der Waals surface area contributed by atoms with Gasteiger partial charge in [0.15, 0.2) is 0 Å². The van der Waals surface area contributed by atoms with E-state index in [0.717, 1.165) is 17.2 Å². The van der Waals surface area contributed by atoms with Crippen molar-refractivity contribution in [3.8, 4) is 11.5 Å². The molecule has 7 nitrogen and oxygen atoms in total. The highest BCUT2D eigenvalue weighted by atomic mass is 16.5. The van der Waals surface area contributed by atoms with Crippen molar-refractivity contribution < 1.29 is 33.3 Å². The minimum atomic E-state index is -0.499. The average Bonchev–Trinajstić information content (AvgIpc) is 2.77. The number of hydrogen-bond donors (Lipinski definition) is 0. The molecule has 2 aromatic carbocycles. The third-order valence-corrected chi connectivity index (χ3v) is 4.69. The van der Waals surface area contributed by atoms with Crippen LogP contribution in [0.25, 0.3) is 0 Å². The number of methoxy groups -OCH3 is 1. The molecule has 2 aromatic rings. The van der Waals surface area contributed by atoms with Crippen molar-refractivity contribution in [2.75, 3.05) is 20.3 Å². The normalized spacial score (nSPS) is 10.2. The Morgan fingerprint density at radius 1 is 0.875 bits per heavy atom. The van der Waals surface area contributed by atoms with Gasteiger partial charge < -0.3 is 18.9 Å². The molecular formula is C25H28O7. The zero-order valence-corrected chi connectivity index (χ0v) is 18.9. The van der Waals surface area contributed by atoms with Gasteiger partial charge in [-0.05, 0) is 80.6 Å². The van der Waals surface area contributed by atoms with E-state index in [1.807, 2.05) is 13.8 Å². The molecule has 32 heavy (non-hydrogen) atoms. The van der Waals surface area contributed by atoms with E-state index < -0.39 is 17.9 Å². The van der Waals surface area contributed by atoms with E-state index in [-0.39, 0.29) is 0 Å². The molecule has 0 unspecified atom stereocenters. The monoisotopic (exact) mass is 440 g/mol. The average molecular weight is 440 g/mol. The Hall–Kier alpha value is -3.61. The molecule has 0 N–H and O–H groups in total. The fourth-order valence-corrected chi connectivity index (χ4v) is 3.07. The van der Waals surface area contributed by atoms with Gasteiger partial charge >= 0.3 is 17.9 Å². The van der Waals surface area contributed by atoms with Gasteiger partial charge in [0.05, 0.1) is 31.5 Å². The molecule has 0 atom stereocenters. The molecule has 0 aliphatic rings. The van der Waals surface area contributed by atoms with Gasteiger partial charge in [0.1, 0.15) is 11.5 Å². The SMILES string of the molecule is C=CC(=O)OCCCCOc1c(C)cc(C(=O)Oc2ccc(C(=O)OC)cc2C)cc1C. The van der Waals surface area contributed by atoms with Crippen LogP contribution in [0.5, 0.6) is 11.5 Å². The van der Waals surface area contributed by atoms with E-state index in [4.69, 9.17) is 18.9 Å². The van der Waals surface area contributed by atoms with Gasteiger partial charge in [-0.1, -0.05) is 6.58 Å². The van der Waals surface area contributed by atoms with Gasteiger partial charge in [0, 0.05) is 6.08 Å². The number of carbonyl (C=O) groups is 3. The first-order valence-corrected chi connectivity index (χ1v) is 10.2. The molecule has 0 aliphatic carbocycles. The third-order valence-electron chi connectivity index (χ3n) is 4.69. The molecule has 0 fully saturated rings. The van der Waals surface area contributed by atoms with Crippen molar-refractivity contribution in [3.05, 3.63) is 70.8 Å². The van der Waals surface area contributed by atoms with Crippen LogP contribution in [-0.4, -0.2) is 38.2 Å². The van der Waals surface area contributed by atoms with Crippen molar-refractivity contribution in [2.45, 2.75) is 33.6 Å². The molecule has 0 bridgehead atoms. The molecular weight excluding hydrogens is 412 g/mol. The summed E-state index contributed by atoms with van der Waals surface area (Å²) in [5.74, 6) is -0.306. The van der Waals surface area contributed by atoms with Crippen LogP contribution in [-0.2, 0) is 14.3 Å². The van der Waals surface area contributed by atoms with Crippen LogP contribution in [0.4, 0.5) is 0 Å². The standard InChI is InChI=1S/C25H28O7/c1-6-22(26)30-11-7-8-12-31-23-17(3)14-20(15-18(23)4)25(28)32-21-10-9-19(13-16(21)2)24(27)29-5/h6,9-10,13-15H,1,7-8,11-12H2,2-5H3. The zero-order chi connectivity index (χ0) is 23.7. The fourth-order valence-electron chi connectivity index (χ4n) is 3.07. The summed E-state index contributed by atoms with van der Waals surface area (Å²) < 4.78 is 21.0. The van der Waals surface area contributed by atoms with Gasteiger partial charge in [-0.3, -0.25) is 0 Å². The van der Waals surface area contributed by atoms with Crippen LogP contribution in [0.3, 0.4) is 0 Å². The maximum Gasteiger partial charge on any atom is 0.343 e. The Bertz CT molecular complexity index is 984. The van der Waals surface area contributed by atoms with Crippen molar-refractivity contribution in [2.24, 2.45) is 0 Å². The highest BCUT2D eigenvalue weighted by molar-refractivity contribution is 5.93. The second kappa shape index (κ2) is 11.7. The predicted octanol–water partition coefficient (Wildman–Crippen LogP) is 4.51. The van der Waals surface area contributed by atoms with E-state index in [2.05, 4.69) is 6.58 Å². The zero-order valence-electron chi connectivity index (χ0n) is 18.9. The Kier molecular flexibility index (Phi) is 9.01. The highest BCUT2D eigenvalue weighted by Crippen LogP contribution is 2.27. The van der Waals surface area contributed by atoms with Crippen LogP contribution in [0.15, 0.2) is 43.0 Å². The summed E-state index contributed by atoms with van der Waals surface area (Å²) >= 11 is 0. The lowest BCUT2D eigenvalue weighted by Crippen LogP contribution is -2.11. The number of rotatable bonds is 10. The second-order valence-electron chi connectivity index (χ2n) is 7.23. The summed E-state index contributed by atoms with van der Waals surface area (Å²) in [6, 6.07) is 8.17. The number of ether oxygens (including phenoxy) is 4.